The summed E-state index contributed by atoms with van der Waals surface area (Å²) < 4.78 is 1.09. The molecule has 1 aliphatic rings. The topological polar surface area (TPSA) is 73.9 Å². The zero-order chi connectivity index (χ0) is 17.5. The van der Waals surface area contributed by atoms with Gasteiger partial charge < -0.3 is 4.90 Å². The van der Waals surface area contributed by atoms with Gasteiger partial charge in [0.1, 0.15) is 0 Å². The molecule has 1 amide bonds. The molecule has 1 saturated heterocycles. The Bertz CT molecular complexity index is 679. The highest BCUT2D eigenvalue weighted by atomic mass is 79.9. The standard InChI is InChI=1S/C18H24BrN5O/c19-15-10-8-14(9-11-15)6-2-3-7-16(25)20-17-21-18(23-22-17)24-12-4-1-5-13-24/h8-11H,1-7,12-13H2,(H2,20,21,22,23,25). The Labute approximate surface area is 156 Å². The number of aromatic amines is 1. The smallest absolute Gasteiger partial charge is 0.246 e. The summed E-state index contributed by atoms with van der Waals surface area (Å²) in [7, 11) is 0. The van der Waals surface area contributed by atoms with Crippen molar-refractivity contribution in [1.29, 1.82) is 0 Å². The average Bonchev–Trinajstić information content (AvgIpc) is 3.09. The predicted molar refractivity (Wildman–Crippen MR) is 103 cm³/mol. The van der Waals surface area contributed by atoms with Crippen molar-refractivity contribution in [2.24, 2.45) is 0 Å². The van der Waals surface area contributed by atoms with Crippen LogP contribution in [0.5, 0.6) is 0 Å². The molecule has 2 heterocycles. The van der Waals surface area contributed by atoms with Crippen molar-refractivity contribution in [1.82, 2.24) is 15.2 Å². The molecule has 2 N–H and O–H groups in total. The van der Waals surface area contributed by atoms with E-state index in [1.54, 1.807) is 0 Å². The molecular weight excluding hydrogens is 382 g/mol. The fourth-order valence-corrected chi connectivity index (χ4v) is 3.27. The van der Waals surface area contributed by atoms with Crippen molar-refractivity contribution < 1.29 is 4.79 Å². The second-order valence-corrected chi connectivity index (χ2v) is 7.33. The summed E-state index contributed by atoms with van der Waals surface area (Å²) in [6.45, 7) is 1.97. The summed E-state index contributed by atoms with van der Waals surface area (Å²) in [4.78, 5) is 18.6. The first-order valence-corrected chi connectivity index (χ1v) is 9.72. The van der Waals surface area contributed by atoms with Gasteiger partial charge >= 0.3 is 0 Å². The van der Waals surface area contributed by atoms with Crippen LogP contribution >= 0.6 is 15.9 Å². The number of amides is 1. The van der Waals surface area contributed by atoms with Gasteiger partial charge in [-0.25, -0.2) is 5.10 Å². The maximum absolute atomic E-state index is 12.0. The highest BCUT2D eigenvalue weighted by Gasteiger charge is 2.15. The number of nitrogens with one attached hydrogen (secondary N) is 2. The van der Waals surface area contributed by atoms with Crippen molar-refractivity contribution in [3.05, 3.63) is 34.3 Å². The molecule has 6 nitrogen and oxygen atoms in total. The van der Waals surface area contributed by atoms with Gasteiger partial charge in [0.05, 0.1) is 0 Å². The van der Waals surface area contributed by atoms with E-state index in [2.05, 4.69) is 53.5 Å². The maximum atomic E-state index is 12.0. The molecule has 134 valence electrons. The number of carbonyl (C=O) groups excluding carboxylic acids is 1. The summed E-state index contributed by atoms with van der Waals surface area (Å²) in [5.74, 6) is 1.11. The minimum absolute atomic E-state index is 0.0165. The minimum Gasteiger partial charge on any atom is -0.340 e. The van der Waals surface area contributed by atoms with Gasteiger partial charge in [-0.3, -0.25) is 10.1 Å². The van der Waals surface area contributed by atoms with Crippen LogP contribution in [0.15, 0.2) is 28.7 Å². The molecule has 1 aromatic heterocycles. The number of aryl methyl sites for hydroxylation is 1. The highest BCUT2D eigenvalue weighted by Crippen LogP contribution is 2.17. The van der Waals surface area contributed by atoms with Crippen LogP contribution in [-0.2, 0) is 11.2 Å². The molecule has 3 rings (SSSR count). The SMILES string of the molecule is O=C(CCCCc1ccc(Br)cc1)Nc1nc(N2CCCCC2)n[nH]1. The third-order valence-corrected chi connectivity index (χ3v) is 4.93. The molecule has 1 fully saturated rings. The van der Waals surface area contributed by atoms with Crippen LogP contribution in [0.2, 0.25) is 0 Å². The number of hydrogen-bond donors (Lipinski definition) is 2. The van der Waals surface area contributed by atoms with E-state index >= 15 is 0 Å². The maximum Gasteiger partial charge on any atom is 0.246 e. The van der Waals surface area contributed by atoms with Gasteiger partial charge in [-0.1, -0.05) is 28.1 Å². The summed E-state index contributed by atoms with van der Waals surface area (Å²) in [5.41, 5.74) is 1.30. The number of benzene rings is 1. The lowest BCUT2D eigenvalue weighted by Gasteiger charge is -2.24. The van der Waals surface area contributed by atoms with Crippen LogP contribution < -0.4 is 10.2 Å². The number of rotatable bonds is 7. The van der Waals surface area contributed by atoms with Crippen molar-refractivity contribution in [2.75, 3.05) is 23.3 Å². The molecule has 0 unspecified atom stereocenters. The number of piperidine rings is 1. The highest BCUT2D eigenvalue weighted by molar-refractivity contribution is 9.10. The van der Waals surface area contributed by atoms with Gasteiger partial charge in [-0.15, -0.1) is 5.10 Å². The van der Waals surface area contributed by atoms with E-state index in [0.717, 1.165) is 36.8 Å². The van der Waals surface area contributed by atoms with Crippen LogP contribution in [-0.4, -0.2) is 34.2 Å². The number of unbranched alkanes of at least 4 members (excludes halogenated alkanes) is 1. The molecule has 0 spiro atoms. The molecule has 7 heteroatoms. The van der Waals surface area contributed by atoms with Crippen LogP contribution in [0.25, 0.3) is 0 Å². The Balaban J connectivity index is 1.37. The average molecular weight is 406 g/mol. The van der Waals surface area contributed by atoms with Gasteiger partial charge in [0.25, 0.3) is 0 Å². The van der Waals surface area contributed by atoms with Gasteiger partial charge in [-0.2, -0.15) is 4.98 Å². The number of hydrogen-bond acceptors (Lipinski definition) is 4. The first kappa shape index (κ1) is 17.9. The molecule has 1 aromatic carbocycles. The molecule has 25 heavy (non-hydrogen) atoms. The Morgan fingerprint density at radius 2 is 1.92 bits per heavy atom. The Morgan fingerprint density at radius 3 is 2.68 bits per heavy atom. The van der Waals surface area contributed by atoms with Crippen LogP contribution in [0.1, 0.15) is 44.1 Å². The molecule has 1 aliphatic heterocycles. The summed E-state index contributed by atoms with van der Waals surface area (Å²) in [6.07, 6.45) is 6.95. The normalized spacial score (nSPS) is 14.5. The van der Waals surface area contributed by atoms with Gasteiger partial charge in [0.2, 0.25) is 17.8 Å². The van der Waals surface area contributed by atoms with E-state index in [9.17, 15) is 4.79 Å². The van der Waals surface area contributed by atoms with E-state index < -0.39 is 0 Å². The minimum atomic E-state index is -0.0165. The second kappa shape index (κ2) is 8.99. The summed E-state index contributed by atoms with van der Waals surface area (Å²) in [6, 6.07) is 8.32. The molecule has 0 radical (unpaired) electrons. The van der Waals surface area contributed by atoms with E-state index in [1.807, 2.05) is 12.1 Å². The molecule has 0 aliphatic carbocycles. The van der Waals surface area contributed by atoms with Crippen molar-refractivity contribution in [3.63, 3.8) is 0 Å². The number of halogens is 1. The zero-order valence-electron chi connectivity index (χ0n) is 14.3. The Hall–Kier alpha value is -1.89. The van der Waals surface area contributed by atoms with E-state index in [1.165, 1.54) is 24.8 Å². The molecular formula is C18H24BrN5O. The first-order valence-electron chi connectivity index (χ1n) is 8.92. The van der Waals surface area contributed by atoms with Crippen molar-refractivity contribution >= 4 is 33.7 Å². The molecule has 0 saturated carbocycles. The number of anilines is 2. The van der Waals surface area contributed by atoms with Crippen LogP contribution in [0.3, 0.4) is 0 Å². The Morgan fingerprint density at radius 1 is 1.16 bits per heavy atom. The van der Waals surface area contributed by atoms with Crippen LogP contribution in [0, 0.1) is 0 Å². The van der Waals surface area contributed by atoms with E-state index in [4.69, 9.17) is 0 Å². The quantitative estimate of drug-likeness (QED) is 0.684. The predicted octanol–water partition coefficient (Wildman–Crippen LogP) is 3.91. The first-order chi connectivity index (χ1) is 12.2. The summed E-state index contributed by atoms with van der Waals surface area (Å²) >= 11 is 3.43. The fraction of sp³-hybridized carbons (Fsp3) is 0.500. The van der Waals surface area contributed by atoms with Crippen LogP contribution in [0.4, 0.5) is 11.9 Å². The van der Waals surface area contributed by atoms with Gasteiger partial charge in [-0.05, 0) is 56.2 Å². The number of carbonyl (C=O) groups is 1. The Kier molecular flexibility index (Phi) is 6.44. The lowest BCUT2D eigenvalue weighted by atomic mass is 10.1. The zero-order valence-corrected chi connectivity index (χ0v) is 15.9. The molecule has 2 aromatic rings. The number of H-pyrrole nitrogens is 1. The fourth-order valence-electron chi connectivity index (χ4n) is 3.00. The number of aromatic nitrogens is 3. The largest absolute Gasteiger partial charge is 0.340 e. The molecule has 0 bridgehead atoms. The van der Waals surface area contributed by atoms with Crippen molar-refractivity contribution in [2.45, 2.75) is 44.9 Å². The third-order valence-electron chi connectivity index (χ3n) is 4.40. The lowest BCUT2D eigenvalue weighted by molar-refractivity contribution is -0.116. The number of nitrogens with zero attached hydrogens (tertiary/aromatic N) is 3. The molecule has 0 atom stereocenters. The third kappa shape index (κ3) is 5.56. The van der Waals surface area contributed by atoms with E-state index in [0.29, 0.717) is 18.3 Å². The second-order valence-electron chi connectivity index (χ2n) is 6.41. The van der Waals surface area contributed by atoms with Gasteiger partial charge in [0, 0.05) is 24.0 Å². The summed E-state index contributed by atoms with van der Waals surface area (Å²) in [5, 5.41) is 9.83. The van der Waals surface area contributed by atoms with Crippen molar-refractivity contribution in [3.8, 4) is 0 Å². The van der Waals surface area contributed by atoms with E-state index in [-0.39, 0.29) is 5.91 Å². The van der Waals surface area contributed by atoms with Gasteiger partial charge in [0.15, 0.2) is 0 Å². The monoisotopic (exact) mass is 405 g/mol. The lowest BCUT2D eigenvalue weighted by Crippen LogP contribution is -2.30.